The van der Waals surface area contributed by atoms with E-state index in [0.717, 1.165) is 5.56 Å². The molecule has 1 saturated heterocycles. The first kappa shape index (κ1) is 22.8. The number of piperidine rings is 1. The lowest BCUT2D eigenvalue weighted by Crippen LogP contribution is -2.71. The van der Waals surface area contributed by atoms with Gasteiger partial charge in [-0.25, -0.2) is 0 Å². The third kappa shape index (κ3) is 4.57. The van der Waals surface area contributed by atoms with E-state index in [1.807, 2.05) is 18.2 Å². The van der Waals surface area contributed by atoms with Gasteiger partial charge in [0.15, 0.2) is 5.79 Å². The monoisotopic (exact) mass is 387 g/mol. The zero-order valence-electron chi connectivity index (χ0n) is 18.4. The Hall–Kier alpha value is -1.46. The first-order valence-corrected chi connectivity index (χ1v) is 10.1. The van der Waals surface area contributed by atoms with Crippen LogP contribution in [0.1, 0.15) is 59.6 Å². The standard InChI is InChI=1S/C24H37NO3/c1-9-16-26-24(27-17-10-2)18-22(5,6)25(23(7,8)20(24)4)28-19(3)21-14-12-11-13-15-21/h9-15,19-20H,1-2,16-18H2,3-8H3. The van der Waals surface area contributed by atoms with Crippen molar-refractivity contribution in [2.45, 2.75) is 70.9 Å². The molecule has 1 heterocycles. The molecular formula is C24H37NO3. The Morgan fingerprint density at radius 2 is 1.61 bits per heavy atom. The molecule has 0 bridgehead atoms. The Labute approximate surface area is 171 Å². The number of rotatable bonds is 9. The Morgan fingerprint density at radius 3 is 2.11 bits per heavy atom. The third-order valence-electron chi connectivity index (χ3n) is 5.90. The molecule has 2 unspecified atom stereocenters. The van der Waals surface area contributed by atoms with Crippen LogP contribution in [0.4, 0.5) is 0 Å². The fourth-order valence-electron chi connectivity index (χ4n) is 4.34. The van der Waals surface area contributed by atoms with E-state index in [-0.39, 0.29) is 23.1 Å². The molecule has 2 rings (SSSR count). The van der Waals surface area contributed by atoms with Gasteiger partial charge in [-0.1, -0.05) is 49.4 Å². The van der Waals surface area contributed by atoms with E-state index < -0.39 is 5.79 Å². The summed E-state index contributed by atoms with van der Waals surface area (Å²) in [6, 6.07) is 10.3. The van der Waals surface area contributed by atoms with Gasteiger partial charge in [0.1, 0.15) is 6.10 Å². The Balaban J connectivity index is 2.35. The molecule has 0 spiro atoms. The van der Waals surface area contributed by atoms with Crippen LogP contribution in [-0.4, -0.2) is 35.1 Å². The van der Waals surface area contributed by atoms with Gasteiger partial charge in [-0.2, -0.15) is 5.06 Å². The van der Waals surface area contributed by atoms with Gasteiger partial charge in [-0.05, 0) is 40.2 Å². The molecule has 0 N–H and O–H groups in total. The Morgan fingerprint density at radius 1 is 1.07 bits per heavy atom. The van der Waals surface area contributed by atoms with E-state index in [2.05, 4.69) is 71.9 Å². The predicted octanol–water partition coefficient (Wildman–Crippen LogP) is 5.68. The highest BCUT2D eigenvalue weighted by Crippen LogP contribution is 2.50. The maximum atomic E-state index is 6.56. The molecule has 2 atom stereocenters. The van der Waals surface area contributed by atoms with Crippen LogP contribution < -0.4 is 0 Å². The largest absolute Gasteiger partial charge is 0.345 e. The molecule has 0 amide bonds. The van der Waals surface area contributed by atoms with Gasteiger partial charge in [-0.15, -0.1) is 13.2 Å². The Kier molecular flexibility index (Phi) is 7.27. The van der Waals surface area contributed by atoms with Gasteiger partial charge in [-0.3, -0.25) is 4.84 Å². The quantitative estimate of drug-likeness (QED) is 0.403. The summed E-state index contributed by atoms with van der Waals surface area (Å²) < 4.78 is 12.5. The van der Waals surface area contributed by atoms with Crippen molar-refractivity contribution in [3.05, 3.63) is 61.2 Å². The number of nitrogens with zero attached hydrogens (tertiary/aromatic N) is 1. The van der Waals surface area contributed by atoms with E-state index >= 15 is 0 Å². The highest BCUT2D eigenvalue weighted by Gasteiger charge is 2.60. The van der Waals surface area contributed by atoms with Crippen LogP contribution in [-0.2, 0) is 14.3 Å². The van der Waals surface area contributed by atoms with Crippen LogP contribution in [0, 0.1) is 5.92 Å². The second kappa shape index (κ2) is 8.91. The normalized spacial score (nSPS) is 24.4. The molecule has 0 aromatic heterocycles. The third-order valence-corrected chi connectivity index (χ3v) is 5.90. The van der Waals surface area contributed by atoms with Gasteiger partial charge < -0.3 is 9.47 Å². The van der Waals surface area contributed by atoms with Crippen LogP contribution in [0.15, 0.2) is 55.6 Å². The van der Waals surface area contributed by atoms with Crippen LogP contribution in [0.25, 0.3) is 0 Å². The van der Waals surface area contributed by atoms with E-state index in [0.29, 0.717) is 19.6 Å². The predicted molar refractivity (Wildman–Crippen MR) is 115 cm³/mol. The number of hydroxylamine groups is 2. The van der Waals surface area contributed by atoms with Gasteiger partial charge in [0.05, 0.1) is 13.2 Å². The second-order valence-electron chi connectivity index (χ2n) is 8.83. The Bertz CT molecular complexity index is 641. The van der Waals surface area contributed by atoms with E-state index in [9.17, 15) is 0 Å². The van der Waals surface area contributed by atoms with Crippen molar-refractivity contribution in [2.75, 3.05) is 13.2 Å². The summed E-state index contributed by atoms with van der Waals surface area (Å²) in [7, 11) is 0. The molecule has 0 aliphatic carbocycles. The summed E-state index contributed by atoms with van der Waals surface area (Å²) in [6.45, 7) is 21.5. The second-order valence-corrected chi connectivity index (χ2v) is 8.83. The minimum atomic E-state index is -0.731. The summed E-state index contributed by atoms with van der Waals surface area (Å²) in [5, 5.41) is 2.15. The molecule has 1 aromatic carbocycles. The lowest BCUT2D eigenvalue weighted by molar-refractivity contribution is -0.386. The molecule has 4 nitrogen and oxygen atoms in total. The number of ether oxygens (including phenoxy) is 2. The van der Waals surface area contributed by atoms with Crippen LogP contribution in [0.5, 0.6) is 0 Å². The highest BCUT2D eigenvalue weighted by atomic mass is 16.7. The molecule has 156 valence electrons. The first-order valence-electron chi connectivity index (χ1n) is 10.1. The topological polar surface area (TPSA) is 30.9 Å². The van der Waals surface area contributed by atoms with Crippen molar-refractivity contribution >= 4 is 0 Å². The van der Waals surface area contributed by atoms with Crippen molar-refractivity contribution in [3.8, 4) is 0 Å². The van der Waals surface area contributed by atoms with Crippen molar-refractivity contribution in [1.29, 1.82) is 0 Å². The zero-order chi connectivity index (χ0) is 21.0. The molecule has 28 heavy (non-hydrogen) atoms. The molecular weight excluding hydrogens is 350 g/mol. The summed E-state index contributed by atoms with van der Waals surface area (Å²) in [5.74, 6) is -0.679. The summed E-state index contributed by atoms with van der Waals surface area (Å²) in [4.78, 5) is 6.56. The van der Waals surface area contributed by atoms with E-state index in [1.54, 1.807) is 12.2 Å². The number of hydrogen-bond donors (Lipinski definition) is 0. The minimum absolute atomic E-state index is 0.0518. The van der Waals surface area contributed by atoms with Crippen LogP contribution in [0.3, 0.4) is 0 Å². The fraction of sp³-hybridized carbons (Fsp3) is 0.583. The summed E-state index contributed by atoms with van der Waals surface area (Å²) >= 11 is 0. The molecule has 1 fully saturated rings. The number of hydrogen-bond acceptors (Lipinski definition) is 4. The fourth-order valence-corrected chi connectivity index (χ4v) is 4.34. The summed E-state index contributed by atoms with van der Waals surface area (Å²) in [6.07, 6.45) is 4.16. The lowest BCUT2D eigenvalue weighted by Gasteiger charge is -2.61. The van der Waals surface area contributed by atoms with E-state index in [4.69, 9.17) is 14.3 Å². The molecule has 1 aromatic rings. The van der Waals surface area contributed by atoms with E-state index in [1.165, 1.54) is 0 Å². The van der Waals surface area contributed by atoms with Gasteiger partial charge in [0.25, 0.3) is 0 Å². The smallest absolute Gasteiger partial charge is 0.175 e. The van der Waals surface area contributed by atoms with Crippen molar-refractivity contribution < 1.29 is 14.3 Å². The number of benzene rings is 1. The summed E-state index contributed by atoms with van der Waals surface area (Å²) in [5.41, 5.74) is 0.526. The average Bonchev–Trinajstić information content (AvgIpc) is 2.66. The molecule has 0 saturated carbocycles. The van der Waals surface area contributed by atoms with Crippen LogP contribution >= 0.6 is 0 Å². The minimum Gasteiger partial charge on any atom is -0.345 e. The molecule has 4 heteroatoms. The average molecular weight is 388 g/mol. The lowest BCUT2D eigenvalue weighted by atomic mass is 9.70. The van der Waals surface area contributed by atoms with Gasteiger partial charge in [0, 0.05) is 23.4 Å². The highest BCUT2D eigenvalue weighted by molar-refractivity contribution is 5.17. The first-order chi connectivity index (χ1) is 13.1. The van der Waals surface area contributed by atoms with Crippen LogP contribution in [0.2, 0.25) is 0 Å². The SMILES string of the molecule is C=CCOC1(OCC=C)CC(C)(C)N(OC(C)c2ccccc2)C(C)(C)C1C. The van der Waals surface area contributed by atoms with Crippen molar-refractivity contribution in [3.63, 3.8) is 0 Å². The molecule has 1 aliphatic heterocycles. The maximum Gasteiger partial charge on any atom is 0.175 e. The molecule has 0 radical (unpaired) electrons. The van der Waals surface area contributed by atoms with Gasteiger partial charge >= 0.3 is 0 Å². The molecule has 1 aliphatic rings. The van der Waals surface area contributed by atoms with Gasteiger partial charge in [0.2, 0.25) is 0 Å². The zero-order valence-corrected chi connectivity index (χ0v) is 18.4. The van der Waals surface area contributed by atoms with Crippen molar-refractivity contribution in [1.82, 2.24) is 5.06 Å². The maximum absolute atomic E-state index is 6.56. The van der Waals surface area contributed by atoms with Crippen molar-refractivity contribution in [2.24, 2.45) is 5.92 Å².